The number of nitrogens with two attached hydrogens (primary N) is 1. The lowest BCUT2D eigenvalue weighted by Gasteiger charge is -2.35. The molecule has 13 heteroatoms. The molecule has 0 aliphatic carbocycles. The molecule has 1 heterocycles. The summed E-state index contributed by atoms with van der Waals surface area (Å²) in [6, 6.07) is 4.86. The Morgan fingerprint density at radius 1 is 1.19 bits per heavy atom. The summed E-state index contributed by atoms with van der Waals surface area (Å²) in [7, 11) is 0. The highest BCUT2D eigenvalue weighted by atomic mass is 19.4. The fraction of sp³-hybridized carbons (Fsp3) is 0.583. The van der Waals surface area contributed by atoms with Gasteiger partial charge in [-0.05, 0) is 30.9 Å². The predicted molar refractivity (Wildman–Crippen MR) is 124 cm³/mol. The van der Waals surface area contributed by atoms with Crippen molar-refractivity contribution in [2.75, 3.05) is 6.54 Å². The number of rotatable bonds is 12. The molecule has 0 spiro atoms. The molecule has 206 valence electrons. The van der Waals surface area contributed by atoms with E-state index in [1.165, 1.54) is 13.8 Å². The van der Waals surface area contributed by atoms with E-state index < -0.39 is 71.8 Å². The summed E-state index contributed by atoms with van der Waals surface area (Å²) >= 11 is 0. The van der Waals surface area contributed by atoms with E-state index in [9.17, 15) is 42.6 Å². The molecule has 1 aliphatic rings. The van der Waals surface area contributed by atoms with E-state index in [2.05, 4.69) is 10.6 Å². The van der Waals surface area contributed by atoms with Gasteiger partial charge in [-0.2, -0.15) is 13.2 Å². The van der Waals surface area contributed by atoms with Crippen LogP contribution < -0.4 is 16.4 Å². The van der Waals surface area contributed by atoms with E-state index >= 15 is 0 Å². The number of hydrogen-bond acceptors (Lipinski definition) is 8. The minimum absolute atomic E-state index is 0.141. The van der Waals surface area contributed by atoms with Gasteiger partial charge in [0.1, 0.15) is 6.61 Å². The standard InChI is InChI=1S/C24H32F3N3O7/c1-13(2)18(20(34)24(25,26)27)30-22(36)23(9-6-10-29-23)19(33)17(28)15(11-16(31)32)21(35)37-12-14-7-4-3-5-8-14/h3-5,7-8,13,15,17-18,20,29,34H,6,9-12,28H2,1-2H3,(H,30,36)(H,31,32)/t15?,17-,18?,20?,23-/m0/s1. The molecule has 1 aromatic carbocycles. The highest BCUT2D eigenvalue weighted by molar-refractivity contribution is 6.14. The van der Waals surface area contributed by atoms with E-state index in [-0.39, 0.29) is 26.0 Å². The third-order valence-electron chi connectivity index (χ3n) is 6.31. The van der Waals surface area contributed by atoms with Crippen LogP contribution in [0.5, 0.6) is 0 Å². The Bertz CT molecular complexity index is 966. The molecule has 2 rings (SSSR count). The summed E-state index contributed by atoms with van der Waals surface area (Å²) in [5.74, 6) is -7.27. The summed E-state index contributed by atoms with van der Waals surface area (Å²) in [5, 5.41) is 23.8. The van der Waals surface area contributed by atoms with Gasteiger partial charge in [-0.15, -0.1) is 0 Å². The number of aliphatic hydroxyl groups excluding tert-OH is 1. The van der Waals surface area contributed by atoms with Crippen molar-refractivity contribution >= 4 is 23.6 Å². The lowest BCUT2D eigenvalue weighted by molar-refractivity contribution is -0.215. The Morgan fingerprint density at radius 3 is 2.30 bits per heavy atom. The van der Waals surface area contributed by atoms with Crippen molar-refractivity contribution in [3.63, 3.8) is 0 Å². The van der Waals surface area contributed by atoms with Crippen LogP contribution in [0.3, 0.4) is 0 Å². The zero-order chi connectivity index (χ0) is 28.0. The number of alkyl halides is 3. The molecule has 1 aromatic rings. The number of nitrogens with one attached hydrogen (secondary N) is 2. The molecule has 6 N–H and O–H groups in total. The first-order chi connectivity index (χ1) is 17.2. The second-order valence-corrected chi connectivity index (χ2v) is 9.35. The number of carboxylic acids is 1. The van der Waals surface area contributed by atoms with Gasteiger partial charge in [-0.1, -0.05) is 44.2 Å². The molecule has 0 bridgehead atoms. The van der Waals surface area contributed by atoms with Gasteiger partial charge in [0.05, 0.1) is 24.4 Å². The van der Waals surface area contributed by atoms with Gasteiger partial charge < -0.3 is 26.0 Å². The van der Waals surface area contributed by atoms with E-state index in [1.54, 1.807) is 30.3 Å². The van der Waals surface area contributed by atoms with E-state index in [1.807, 2.05) is 0 Å². The summed E-state index contributed by atoms with van der Waals surface area (Å²) < 4.78 is 44.7. The lowest BCUT2D eigenvalue weighted by Crippen LogP contribution is -2.67. The molecule has 3 unspecified atom stereocenters. The van der Waals surface area contributed by atoms with Crippen LogP contribution in [0.2, 0.25) is 0 Å². The predicted octanol–water partition coefficient (Wildman–Crippen LogP) is 0.903. The largest absolute Gasteiger partial charge is 0.481 e. The summed E-state index contributed by atoms with van der Waals surface area (Å²) in [6.07, 6.45) is -8.68. The van der Waals surface area contributed by atoms with Crippen LogP contribution in [0.4, 0.5) is 13.2 Å². The molecule has 10 nitrogen and oxygen atoms in total. The van der Waals surface area contributed by atoms with E-state index in [0.717, 1.165) is 0 Å². The third-order valence-corrected chi connectivity index (χ3v) is 6.31. The van der Waals surface area contributed by atoms with Gasteiger partial charge in [0, 0.05) is 0 Å². The van der Waals surface area contributed by atoms with Crippen LogP contribution in [0, 0.1) is 11.8 Å². The minimum atomic E-state index is -5.03. The van der Waals surface area contributed by atoms with Gasteiger partial charge in [0.2, 0.25) is 5.91 Å². The highest BCUT2D eigenvalue weighted by Gasteiger charge is 2.54. The summed E-state index contributed by atoms with van der Waals surface area (Å²) in [4.78, 5) is 50.9. The van der Waals surface area contributed by atoms with Crippen LogP contribution in [0.1, 0.15) is 38.7 Å². The number of ketones is 1. The van der Waals surface area contributed by atoms with Crippen molar-refractivity contribution in [3.8, 4) is 0 Å². The number of benzene rings is 1. The lowest BCUT2D eigenvalue weighted by atomic mass is 9.80. The number of aliphatic hydroxyl groups is 1. The Labute approximate surface area is 211 Å². The molecule has 37 heavy (non-hydrogen) atoms. The Balaban J connectivity index is 2.28. The maximum Gasteiger partial charge on any atom is 0.416 e. The van der Waals surface area contributed by atoms with Crippen molar-refractivity contribution < 1.29 is 47.3 Å². The van der Waals surface area contributed by atoms with Crippen LogP contribution in [0.25, 0.3) is 0 Å². The van der Waals surface area contributed by atoms with Crippen LogP contribution in [0.15, 0.2) is 30.3 Å². The van der Waals surface area contributed by atoms with E-state index in [4.69, 9.17) is 10.5 Å². The molecule has 5 atom stereocenters. The topological polar surface area (TPSA) is 168 Å². The highest BCUT2D eigenvalue weighted by Crippen LogP contribution is 2.29. The number of aliphatic carboxylic acids is 1. The zero-order valence-corrected chi connectivity index (χ0v) is 20.5. The molecular weight excluding hydrogens is 499 g/mol. The molecular formula is C24H32F3N3O7. The van der Waals surface area contributed by atoms with Crippen molar-refractivity contribution in [1.29, 1.82) is 0 Å². The second kappa shape index (κ2) is 12.5. The third kappa shape index (κ3) is 7.49. The average Bonchev–Trinajstić information content (AvgIpc) is 3.34. The monoisotopic (exact) mass is 531 g/mol. The number of esters is 1. The number of carbonyl (C=O) groups is 4. The van der Waals surface area contributed by atoms with Gasteiger partial charge in [0.15, 0.2) is 17.4 Å². The normalized spacial score (nSPS) is 21.1. The first-order valence-electron chi connectivity index (χ1n) is 11.7. The molecule has 0 aromatic heterocycles. The molecule has 1 aliphatic heterocycles. The number of amides is 1. The number of carboxylic acid groups (broad SMARTS) is 1. The number of hydrogen-bond donors (Lipinski definition) is 5. The molecule has 1 fully saturated rings. The molecule has 0 saturated carbocycles. The molecule has 1 saturated heterocycles. The maximum atomic E-state index is 13.5. The fourth-order valence-electron chi connectivity index (χ4n) is 4.20. The average molecular weight is 532 g/mol. The number of carbonyl (C=O) groups excluding carboxylic acids is 3. The number of halogens is 3. The summed E-state index contributed by atoms with van der Waals surface area (Å²) in [5.41, 5.74) is 4.52. The van der Waals surface area contributed by atoms with Gasteiger partial charge in [0.25, 0.3) is 0 Å². The van der Waals surface area contributed by atoms with E-state index in [0.29, 0.717) is 5.56 Å². The smallest absolute Gasteiger partial charge is 0.416 e. The zero-order valence-electron chi connectivity index (χ0n) is 20.5. The maximum absolute atomic E-state index is 13.5. The number of Topliss-reactive ketones (excluding diaryl/α,β-unsaturated/α-hetero) is 1. The Kier molecular flexibility index (Phi) is 10.2. The van der Waals surface area contributed by atoms with Crippen LogP contribution >= 0.6 is 0 Å². The first kappa shape index (κ1) is 30.2. The Morgan fingerprint density at radius 2 is 1.81 bits per heavy atom. The van der Waals surface area contributed by atoms with Crippen LogP contribution in [-0.2, 0) is 30.5 Å². The minimum Gasteiger partial charge on any atom is -0.481 e. The van der Waals surface area contributed by atoms with Crippen molar-refractivity contribution in [3.05, 3.63) is 35.9 Å². The SMILES string of the molecule is CC(C)C(NC(=O)[C@@]1(C(=O)[C@@H](N)C(CC(=O)O)C(=O)OCc2ccccc2)CCCN1)C(O)C(F)(F)F. The number of ether oxygens (including phenoxy) is 1. The molecule has 1 amide bonds. The second-order valence-electron chi connectivity index (χ2n) is 9.35. The fourth-order valence-corrected chi connectivity index (χ4v) is 4.20. The molecule has 0 radical (unpaired) electrons. The van der Waals surface area contributed by atoms with Gasteiger partial charge in [-0.25, -0.2) is 0 Å². The quantitative estimate of drug-likeness (QED) is 0.194. The van der Waals surface area contributed by atoms with Crippen LogP contribution in [-0.4, -0.2) is 70.3 Å². The van der Waals surface area contributed by atoms with Gasteiger partial charge >= 0.3 is 18.1 Å². The first-order valence-corrected chi connectivity index (χ1v) is 11.7. The van der Waals surface area contributed by atoms with Crippen molar-refractivity contribution in [1.82, 2.24) is 10.6 Å². The van der Waals surface area contributed by atoms with Crippen molar-refractivity contribution in [2.45, 2.75) is 69.6 Å². The van der Waals surface area contributed by atoms with Crippen molar-refractivity contribution in [2.24, 2.45) is 17.6 Å². The summed E-state index contributed by atoms with van der Waals surface area (Å²) in [6.45, 7) is 2.63. The Hall–Kier alpha value is -3.03. The van der Waals surface area contributed by atoms with Gasteiger partial charge in [-0.3, -0.25) is 24.5 Å².